The van der Waals surface area contributed by atoms with Gasteiger partial charge in [0.25, 0.3) is 0 Å². The van der Waals surface area contributed by atoms with E-state index in [4.69, 9.17) is 5.11 Å². The van der Waals surface area contributed by atoms with Crippen molar-refractivity contribution in [3.05, 3.63) is 12.7 Å². The number of carbonyl (C=O) groups excluding carboxylic acids is 2. The molecule has 2 N–H and O–H groups in total. The van der Waals surface area contributed by atoms with E-state index in [-0.39, 0.29) is 18.4 Å². The number of thioether (sulfide) groups is 1. The SMILES string of the molecule is C=CCN(CCCCC)C(=O)C1N(CCCCCO)C(=O)[C@@H]2[C@H](C(=O)O)[C@]3(C)CCC12S3. The summed E-state index contributed by atoms with van der Waals surface area (Å²) in [6.07, 6.45) is 8.20. The average Bonchev–Trinajstić information content (AvgIpc) is 3.31. The fourth-order valence-electron chi connectivity index (χ4n) is 6.07. The highest BCUT2D eigenvalue weighted by Gasteiger charge is 2.77. The summed E-state index contributed by atoms with van der Waals surface area (Å²) in [5.74, 6) is -2.60. The van der Waals surface area contributed by atoms with Gasteiger partial charge in [0.05, 0.1) is 16.6 Å². The highest BCUT2D eigenvalue weighted by molar-refractivity contribution is 8.02. The number of carbonyl (C=O) groups is 3. The summed E-state index contributed by atoms with van der Waals surface area (Å²) in [7, 11) is 0. The highest BCUT2D eigenvalue weighted by Crippen LogP contribution is 2.71. The van der Waals surface area contributed by atoms with E-state index < -0.39 is 33.3 Å². The number of aliphatic carboxylic acids is 1. The van der Waals surface area contributed by atoms with E-state index >= 15 is 0 Å². The summed E-state index contributed by atoms with van der Waals surface area (Å²) in [6.45, 7) is 9.46. The van der Waals surface area contributed by atoms with Crippen LogP contribution in [0.2, 0.25) is 0 Å². The first-order valence-corrected chi connectivity index (χ1v) is 12.8. The first-order chi connectivity index (χ1) is 15.3. The van der Waals surface area contributed by atoms with Crippen molar-refractivity contribution in [2.75, 3.05) is 26.2 Å². The molecule has 0 saturated carbocycles. The fourth-order valence-corrected chi connectivity index (χ4v) is 8.41. The molecule has 0 aromatic heterocycles. The van der Waals surface area contributed by atoms with Crippen molar-refractivity contribution in [2.24, 2.45) is 11.8 Å². The van der Waals surface area contributed by atoms with Crippen LogP contribution in [0.4, 0.5) is 0 Å². The Bertz CT molecular complexity index is 746. The number of aliphatic hydroxyl groups excluding tert-OH is 1. The lowest BCUT2D eigenvalue weighted by Crippen LogP contribution is -2.55. The van der Waals surface area contributed by atoms with Gasteiger partial charge in [-0.3, -0.25) is 14.4 Å². The molecule has 32 heavy (non-hydrogen) atoms. The van der Waals surface area contributed by atoms with Crippen LogP contribution in [0.25, 0.3) is 0 Å². The molecule has 2 bridgehead atoms. The Morgan fingerprint density at radius 1 is 1.25 bits per heavy atom. The Labute approximate surface area is 195 Å². The standard InChI is InChI=1S/C24H38N2O5S/c1-4-6-8-14-25(13-5-2)21(29)19-24-12-11-23(3,32-24)18(22(30)31)17(24)20(28)26(19)15-9-7-10-16-27/h5,17-19,27H,2,4,6-16H2,1,3H3,(H,30,31)/t17-,18+,19?,23-,24?/m0/s1. The van der Waals surface area contributed by atoms with Crippen LogP contribution in [0, 0.1) is 11.8 Å². The van der Waals surface area contributed by atoms with Gasteiger partial charge in [-0.15, -0.1) is 18.3 Å². The van der Waals surface area contributed by atoms with Gasteiger partial charge in [0, 0.05) is 31.0 Å². The number of carboxylic acids is 1. The van der Waals surface area contributed by atoms with Crippen molar-refractivity contribution in [1.29, 1.82) is 0 Å². The van der Waals surface area contributed by atoms with Gasteiger partial charge in [-0.05, 0) is 45.4 Å². The van der Waals surface area contributed by atoms with E-state index in [1.807, 2.05) is 11.8 Å². The Kier molecular flexibility index (Phi) is 7.97. The van der Waals surface area contributed by atoms with E-state index in [0.29, 0.717) is 45.3 Å². The molecule has 7 nitrogen and oxygen atoms in total. The van der Waals surface area contributed by atoms with Gasteiger partial charge >= 0.3 is 5.97 Å². The highest BCUT2D eigenvalue weighted by atomic mass is 32.2. The van der Waals surface area contributed by atoms with Crippen LogP contribution in [0.1, 0.15) is 65.2 Å². The number of aliphatic hydroxyl groups is 1. The van der Waals surface area contributed by atoms with Crippen molar-refractivity contribution >= 4 is 29.5 Å². The van der Waals surface area contributed by atoms with Gasteiger partial charge in [0.15, 0.2) is 0 Å². The second kappa shape index (κ2) is 10.2. The predicted molar refractivity (Wildman–Crippen MR) is 125 cm³/mol. The summed E-state index contributed by atoms with van der Waals surface area (Å²) >= 11 is 1.58. The summed E-state index contributed by atoms with van der Waals surface area (Å²) in [4.78, 5) is 43.4. The molecular weight excluding hydrogens is 428 g/mol. The Morgan fingerprint density at radius 3 is 2.62 bits per heavy atom. The fraction of sp³-hybridized carbons (Fsp3) is 0.792. The number of rotatable bonds is 13. The van der Waals surface area contributed by atoms with E-state index in [1.165, 1.54) is 0 Å². The lowest BCUT2D eigenvalue weighted by molar-refractivity contribution is -0.150. The van der Waals surface area contributed by atoms with Crippen molar-refractivity contribution in [1.82, 2.24) is 9.80 Å². The van der Waals surface area contributed by atoms with Gasteiger partial charge in [-0.25, -0.2) is 0 Å². The zero-order valence-electron chi connectivity index (χ0n) is 19.4. The normalized spacial score (nSPS) is 32.9. The van der Waals surface area contributed by atoms with E-state index in [1.54, 1.807) is 22.7 Å². The van der Waals surface area contributed by atoms with Gasteiger partial charge in [0.2, 0.25) is 11.8 Å². The van der Waals surface area contributed by atoms with E-state index in [0.717, 1.165) is 25.7 Å². The smallest absolute Gasteiger partial charge is 0.308 e. The molecule has 0 aromatic rings. The second-order valence-corrected chi connectivity index (χ2v) is 11.6. The number of hydrogen-bond donors (Lipinski definition) is 2. The third-order valence-electron chi connectivity index (χ3n) is 7.53. The largest absolute Gasteiger partial charge is 0.481 e. The molecule has 1 spiro atoms. The second-order valence-electron chi connectivity index (χ2n) is 9.66. The summed E-state index contributed by atoms with van der Waals surface area (Å²) < 4.78 is -1.19. The first-order valence-electron chi connectivity index (χ1n) is 12.0. The number of nitrogens with zero attached hydrogens (tertiary/aromatic N) is 2. The lowest BCUT2D eigenvalue weighted by Gasteiger charge is -2.37. The van der Waals surface area contributed by atoms with Gasteiger partial charge < -0.3 is 20.0 Å². The van der Waals surface area contributed by atoms with Crippen molar-refractivity contribution in [3.63, 3.8) is 0 Å². The van der Waals surface area contributed by atoms with Crippen LogP contribution in [0.15, 0.2) is 12.7 Å². The molecule has 0 radical (unpaired) electrons. The minimum Gasteiger partial charge on any atom is -0.481 e. The van der Waals surface area contributed by atoms with Crippen LogP contribution in [0.3, 0.4) is 0 Å². The first kappa shape index (κ1) is 25.1. The zero-order chi connectivity index (χ0) is 23.5. The lowest BCUT2D eigenvalue weighted by atomic mass is 9.66. The van der Waals surface area contributed by atoms with Gasteiger partial charge in [0.1, 0.15) is 6.04 Å². The molecule has 180 valence electrons. The molecule has 3 aliphatic heterocycles. The summed E-state index contributed by atoms with van der Waals surface area (Å²) in [5.41, 5.74) is 0. The minimum atomic E-state index is -0.931. The Hall–Kier alpha value is -1.54. The van der Waals surface area contributed by atoms with Crippen LogP contribution in [0.5, 0.6) is 0 Å². The molecule has 5 atom stereocenters. The number of carboxylic acid groups (broad SMARTS) is 1. The molecule has 3 aliphatic rings. The molecule has 3 fully saturated rings. The average molecular weight is 467 g/mol. The molecule has 0 aliphatic carbocycles. The molecular formula is C24H38N2O5S. The molecule has 2 unspecified atom stereocenters. The Morgan fingerprint density at radius 2 is 2.00 bits per heavy atom. The van der Waals surface area contributed by atoms with Crippen LogP contribution in [-0.2, 0) is 14.4 Å². The topological polar surface area (TPSA) is 98.2 Å². The van der Waals surface area contributed by atoms with Crippen molar-refractivity contribution < 1.29 is 24.6 Å². The summed E-state index contributed by atoms with van der Waals surface area (Å²) in [6, 6.07) is -0.633. The number of likely N-dealkylation sites (tertiary alicyclic amines) is 1. The van der Waals surface area contributed by atoms with Crippen LogP contribution < -0.4 is 0 Å². The van der Waals surface area contributed by atoms with E-state index in [9.17, 15) is 19.5 Å². The summed E-state index contributed by atoms with van der Waals surface area (Å²) in [5, 5.41) is 19.1. The molecule has 3 rings (SSSR count). The molecule has 3 heterocycles. The molecule has 8 heteroatoms. The van der Waals surface area contributed by atoms with Crippen molar-refractivity contribution in [2.45, 2.75) is 80.7 Å². The van der Waals surface area contributed by atoms with Gasteiger partial charge in [-0.1, -0.05) is 25.8 Å². The monoisotopic (exact) mass is 466 g/mol. The zero-order valence-corrected chi connectivity index (χ0v) is 20.2. The quantitative estimate of drug-likeness (QED) is 0.320. The molecule has 2 amide bonds. The minimum absolute atomic E-state index is 0.0678. The molecule has 3 saturated heterocycles. The maximum absolute atomic E-state index is 14.0. The number of hydrogen-bond acceptors (Lipinski definition) is 5. The molecule has 0 aromatic carbocycles. The third-order valence-corrected chi connectivity index (χ3v) is 9.51. The third kappa shape index (κ3) is 4.20. The predicted octanol–water partition coefficient (Wildman–Crippen LogP) is 2.92. The van der Waals surface area contributed by atoms with Crippen LogP contribution >= 0.6 is 11.8 Å². The van der Waals surface area contributed by atoms with E-state index in [2.05, 4.69) is 13.5 Å². The number of fused-ring (bicyclic) bond motifs is 1. The Balaban J connectivity index is 1.95. The van der Waals surface area contributed by atoms with Gasteiger partial charge in [-0.2, -0.15) is 0 Å². The number of amides is 2. The maximum Gasteiger partial charge on any atom is 0.308 e. The van der Waals surface area contributed by atoms with Crippen LogP contribution in [-0.4, -0.2) is 79.6 Å². The van der Waals surface area contributed by atoms with Crippen molar-refractivity contribution in [3.8, 4) is 0 Å². The number of unbranched alkanes of at least 4 members (excludes halogenated alkanes) is 4. The maximum atomic E-state index is 14.0.